The Hall–Kier alpha value is -3.24. The second-order valence-corrected chi connectivity index (χ2v) is 10.1. The molecule has 10 heteroatoms. The lowest BCUT2D eigenvalue weighted by atomic mass is 10.2. The van der Waals surface area contributed by atoms with Crippen LogP contribution in [-0.2, 0) is 10.0 Å². The van der Waals surface area contributed by atoms with E-state index in [0.29, 0.717) is 43.2 Å². The van der Waals surface area contributed by atoms with Crippen LogP contribution >= 0.6 is 0 Å². The smallest absolute Gasteiger partial charge is 0.257 e. The molecule has 0 fully saturated rings. The van der Waals surface area contributed by atoms with Crippen molar-refractivity contribution < 1.29 is 13.2 Å². The number of carbonyl (C=O) groups is 1. The molecule has 1 amide bonds. The van der Waals surface area contributed by atoms with Crippen molar-refractivity contribution in [1.29, 1.82) is 0 Å². The lowest BCUT2D eigenvalue weighted by Gasteiger charge is -2.26. The first-order chi connectivity index (χ1) is 16.7. The van der Waals surface area contributed by atoms with Gasteiger partial charge in [0.1, 0.15) is 0 Å². The van der Waals surface area contributed by atoms with Crippen LogP contribution in [0.25, 0.3) is 5.82 Å². The Morgan fingerprint density at radius 3 is 2.17 bits per heavy atom. The monoisotopic (exact) mass is 498 g/mol. The molecule has 0 aliphatic rings. The Morgan fingerprint density at radius 1 is 0.971 bits per heavy atom. The van der Waals surface area contributed by atoms with Gasteiger partial charge < -0.3 is 10.2 Å². The summed E-state index contributed by atoms with van der Waals surface area (Å²) < 4.78 is 29.3. The van der Waals surface area contributed by atoms with Crippen LogP contribution in [0.4, 0.5) is 11.4 Å². The topological polar surface area (TPSA) is 100 Å². The van der Waals surface area contributed by atoms with Gasteiger partial charge in [0.05, 0.1) is 27.5 Å². The van der Waals surface area contributed by atoms with Crippen LogP contribution in [0.5, 0.6) is 0 Å². The van der Waals surface area contributed by atoms with E-state index >= 15 is 0 Å². The normalized spacial score (nSPS) is 11.6. The standard InChI is InChI=1S/C25H34N6O3S/c1-7-29(8-2)23-13-12-21(35(33,34)30(9-3)10-4)16-22(23)27-25(32)20-11-14-24(26-17-20)31-19(6)15-18(5)28-31/h11-17H,7-10H2,1-6H3,(H,27,32). The zero-order valence-corrected chi connectivity index (χ0v) is 22.1. The summed E-state index contributed by atoms with van der Waals surface area (Å²) in [5, 5.41) is 7.33. The molecule has 2 aromatic heterocycles. The number of pyridine rings is 1. The SMILES string of the molecule is CCN(CC)c1ccc(S(=O)(=O)N(CC)CC)cc1NC(=O)c1ccc(-n2nc(C)cc2C)nc1. The first-order valence-corrected chi connectivity index (χ1v) is 13.3. The fourth-order valence-corrected chi connectivity index (χ4v) is 5.51. The van der Waals surface area contributed by atoms with E-state index in [2.05, 4.69) is 20.3 Å². The van der Waals surface area contributed by atoms with E-state index in [1.165, 1.54) is 16.6 Å². The average Bonchev–Trinajstić information content (AvgIpc) is 3.19. The number of nitrogens with zero attached hydrogens (tertiary/aromatic N) is 5. The van der Waals surface area contributed by atoms with E-state index in [-0.39, 0.29) is 10.8 Å². The number of anilines is 2. The molecular weight excluding hydrogens is 464 g/mol. The number of aromatic nitrogens is 3. The number of hydrogen-bond acceptors (Lipinski definition) is 6. The maximum Gasteiger partial charge on any atom is 0.257 e. The van der Waals surface area contributed by atoms with Crippen molar-refractivity contribution >= 4 is 27.3 Å². The molecule has 0 saturated carbocycles. The molecule has 188 valence electrons. The average molecular weight is 499 g/mol. The molecule has 1 aromatic carbocycles. The zero-order valence-electron chi connectivity index (χ0n) is 21.2. The van der Waals surface area contributed by atoms with Crippen LogP contribution in [-0.4, -0.2) is 59.6 Å². The molecule has 3 aromatic rings. The molecule has 0 atom stereocenters. The Morgan fingerprint density at radius 2 is 1.66 bits per heavy atom. The predicted molar refractivity (Wildman–Crippen MR) is 139 cm³/mol. The molecule has 0 aliphatic carbocycles. The van der Waals surface area contributed by atoms with Gasteiger partial charge in [-0.15, -0.1) is 0 Å². The lowest BCUT2D eigenvalue weighted by molar-refractivity contribution is 0.102. The molecule has 0 bridgehead atoms. The van der Waals surface area contributed by atoms with Crippen LogP contribution < -0.4 is 10.2 Å². The van der Waals surface area contributed by atoms with Gasteiger partial charge in [-0.1, -0.05) is 13.8 Å². The van der Waals surface area contributed by atoms with Gasteiger partial charge in [0.25, 0.3) is 5.91 Å². The number of benzene rings is 1. The molecule has 9 nitrogen and oxygen atoms in total. The minimum atomic E-state index is -3.68. The van der Waals surface area contributed by atoms with Gasteiger partial charge in [0.2, 0.25) is 10.0 Å². The molecule has 0 aliphatic heterocycles. The van der Waals surface area contributed by atoms with Crippen molar-refractivity contribution in [2.75, 3.05) is 36.4 Å². The maximum absolute atomic E-state index is 13.1. The number of rotatable bonds is 10. The molecule has 1 N–H and O–H groups in total. The van der Waals surface area contributed by atoms with Crippen molar-refractivity contribution in [3.05, 3.63) is 59.5 Å². The van der Waals surface area contributed by atoms with Gasteiger partial charge in [-0.2, -0.15) is 9.40 Å². The van der Waals surface area contributed by atoms with Crippen molar-refractivity contribution in [3.8, 4) is 5.82 Å². The third-order valence-corrected chi connectivity index (χ3v) is 7.95. The van der Waals surface area contributed by atoms with Crippen LogP contribution in [0, 0.1) is 13.8 Å². The summed E-state index contributed by atoms with van der Waals surface area (Å²) in [7, 11) is -3.68. The Bertz CT molecular complexity index is 1280. The van der Waals surface area contributed by atoms with E-state index < -0.39 is 10.0 Å². The van der Waals surface area contributed by atoms with Gasteiger partial charge in [0.15, 0.2) is 5.82 Å². The largest absolute Gasteiger partial charge is 0.370 e. The Kier molecular flexibility index (Phi) is 8.29. The molecular formula is C25H34N6O3S. The van der Waals surface area contributed by atoms with Gasteiger partial charge in [0, 0.05) is 38.1 Å². The maximum atomic E-state index is 13.1. The zero-order chi connectivity index (χ0) is 25.8. The highest BCUT2D eigenvalue weighted by molar-refractivity contribution is 7.89. The minimum absolute atomic E-state index is 0.144. The summed E-state index contributed by atoms with van der Waals surface area (Å²) in [4.78, 5) is 19.8. The van der Waals surface area contributed by atoms with E-state index in [0.717, 1.165) is 17.1 Å². The molecule has 3 rings (SSSR count). The summed E-state index contributed by atoms with van der Waals surface area (Å²) >= 11 is 0. The highest BCUT2D eigenvalue weighted by Crippen LogP contribution is 2.30. The van der Waals surface area contributed by atoms with Crippen molar-refractivity contribution in [2.24, 2.45) is 0 Å². The molecule has 0 saturated heterocycles. The number of carbonyl (C=O) groups excluding carboxylic acids is 1. The fourth-order valence-electron chi connectivity index (χ4n) is 4.03. The highest BCUT2D eigenvalue weighted by Gasteiger charge is 2.24. The van der Waals surface area contributed by atoms with Crippen LogP contribution in [0.15, 0.2) is 47.5 Å². The van der Waals surface area contributed by atoms with Gasteiger partial charge in [-0.25, -0.2) is 18.1 Å². The molecule has 0 radical (unpaired) electrons. The van der Waals surface area contributed by atoms with E-state index in [9.17, 15) is 13.2 Å². The van der Waals surface area contributed by atoms with Crippen molar-refractivity contribution in [2.45, 2.75) is 46.4 Å². The predicted octanol–water partition coefficient (Wildman–Crippen LogP) is 4.01. The number of aryl methyl sites for hydroxylation is 2. The second kappa shape index (κ2) is 11.0. The highest BCUT2D eigenvalue weighted by atomic mass is 32.2. The minimum Gasteiger partial charge on any atom is -0.370 e. The van der Waals surface area contributed by atoms with E-state index in [1.54, 1.807) is 42.8 Å². The summed E-state index contributed by atoms with van der Waals surface area (Å²) in [6.07, 6.45) is 1.49. The van der Waals surface area contributed by atoms with Gasteiger partial charge >= 0.3 is 0 Å². The quantitative estimate of drug-likeness (QED) is 0.453. The lowest BCUT2D eigenvalue weighted by Crippen LogP contribution is -2.31. The third-order valence-electron chi connectivity index (χ3n) is 5.90. The van der Waals surface area contributed by atoms with Crippen LogP contribution in [0.3, 0.4) is 0 Å². The molecule has 0 spiro atoms. The second-order valence-electron chi connectivity index (χ2n) is 8.14. The number of sulfonamides is 1. The summed E-state index contributed by atoms with van der Waals surface area (Å²) in [6, 6.07) is 10.3. The summed E-state index contributed by atoms with van der Waals surface area (Å²) in [6.45, 7) is 13.6. The fraction of sp³-hybridized carbons (Fsp3) is 0.400. The first-order valence-electron chi connectivity index (χ1n) is 11.9. The summed E-state index contributed by atoms with van der Waals surface area (Å²) in [5.74, 6) is 0.242. The van der Waals surface area contributed by atoms with Crippen molar-refractivity contribution in [1.82, 2.24) is 19.1 Å². The van der Waals surface area contributed by atoms with Crippen LogP contribution in [0.1, 0.15) is 49.4 Å². The molecule has 2 heterocycles. The Labute approximate surface area is 207 Å². The number of amides is 1. The molecule has 35 heavy (non-hydrogen) atoms. The first kappa shape index (κ1) is 26.4. The number of hydrogen-bond donors (Lipinski definition) is 1. The Balaban J connectivity index is 1.96. The third kappa shape index (κ3) is 5.54. The van der Waals surface area contributed by atoms with E-state index in [4.69, 9.17) is 0 Å². The van der Waals surface area contributed by atoms with E-state index in [1.807, 2.05) is 33.8 Å². The molecule has 0 unspecified atom stereocenters. The van der Waals surface area contributed by atoms with Gasteiger partial charge in [-0.3, -0.25) is 4.79 Å². The number of nitrogens with one attached hydrogen (secondary N) is 1. The van der Waals surface area contributed by atoms with Crippen molar-refractivity contribution in [3.63, 3.8) is 0 Å². The van der Waals surface area contributed by atoms with Crippen LogP contribution in [0.2, 0.25) is 0 Å². The summed E-state index contributed by atoms with van der Waals surface area (Å²) in [5.41, 5.74) is 3.39. The van der Waals surface area contributed by atoms with Gasteiger partial charge in [-0.05, 0) is 64.1 Å².